The Morgan fingerprint density at radius 2 is 1.82 bits per heavy atom. The molecular weight excluding hydrogens is 278 g/mol. The van der Waals surface area contributed by atoms with Crippen LogP contribution in [0.15, 0.2) is 42.5 Å². The molecule has 4 heteroatoms. The molecule has 0 saturated heterocycles. The lowest BCUT2D eigenvalue weighted by atomic mass is 10.1. The first-order chi connectivity index (χ1) is 10.6. The van der Waals surface area contributed by atoms with Gasteiger partial charge in [-0.05, 0) is 30.2 Å². The number of nitrogens with one attached hydrogen (secondary N) is 1. The molecule has 118 valence electrons. The SMILES string of the molecule is COc1ccc(CNCC(O)c2cccc(C)c2)cc1OC. The molecule has 1 unspecified atom stereocenters. The van der Waals surface area contributed by atoms with Crippen molar-refractivity contribution in [2.24, 2.45) is 0 Å². The molecule has 0 aliphatic rings. The lowest BCUT2D eigenvalue weighted by Crippen LogP contribution is -2.21. The number of ether oxygens (including phenoxy) is 2. The normalized spacial score (nSPS) is 12.0. The Labute approximate surface area is 131 Å². The number of aliphatic hydroxyl groups is 1. The average Bonchev–Trinajstić information content (AvgIpc) is 2.54. The van der Waals surface area contributed by atoms with Crippen molar-refractivity contribution in [3.05, 3.63) is 59.2 Å². The van der Waals surface area contributed by atoms with Crippen molar-refractivity contribution >= 4 is 0 Å². The van der Waals surface area contributed by atoms with Crippen LogP contribution in [0, 0.1) is 6.92 Å². The Hall–Kier alpha value is -2.04. The van der Waals surface area contributed by atoms with Crippen molar-refractivity contribution in [2.75, 3.05) is 20.8 Å². The highest BCUT2D eigenvalue weighted by atomic mass is 16.5. The van der Waals surface area contributed by atoms with Gasteiger partial charge in [0.1, 0.15) is 0 Å². The quantitative estimate of drug-likeness (QED) is 0.825. The van der Waals surface area contributed by atoms with Crippen molar-refractivity contribution in [3.63, 3.8) is 0 Å². The maximum Gasteiger partial charge on any atom is 0.161 e. The van der Waals surface area contributed by atoms with Crippen LogP contribution in [0.3, 0.4) is 0 Å². The first-order valence-corrected chi connectivity index (χ1v) is 7.30. The maximum absolute atomic E-state index is 10.2. The first-order valence-electron chi connectivity index (χ1n) is 7.30. The second-order valence-corrected chi connectivity index (χ2v) is 5.25. The zero-order valence-electron chi connectivity index (χ0n) is 13.3. The zero-order valence-corrected chi connectivity index (χ0v) is 13.3. The van der Waals surface area contributed by atoms with Gasteiger partial charge in [-0.1, -0.05) is 35.9 Å². The fourth-order valence-electron chi connectivity index (χ4n) is 2.34. The number of hydrogen-bond donors (Lipinski definition) is 2. The predicted octanol–water partition coefficient (Wildman–Crippen LogP) is 2.84. The van der Waals surface area contributed by atoms with E-state index in [-0.39, 0.29) is 0 Å². The van der Waals surface area contributed by atoms with Gasteiger partial charge in [0.2, 0.25) is 0 Å². The molecule has 0 aromatic heterocycles. The summed E-state index contributed by atoms with van der Waals surface area (Å²) < 4.78 is 10.5. The first kappa shape index (κ1) is 16.3. The van der Waals surface area contributed by atoms with E-state index < -0.39 is 6.10 Å². The molecule has 0 fully saturated rings. The third kappa shape index (κ3) is 4.23. The van der Waals surface area contributed by atoms with Crippen LogP contribution < -0.4 is 14.8 Å². The van der Waals surface area contributed by atoms with Crippen LogP contribution in [0.4, 0.5) is 0 Å². The topological polar surface area (TPSA) is 50.7 Å². The summed E-state index contributed by atoms with van der Waals surface area (Å²) in [5.41, 5.74) is 3.16. The van der Waals surface area contributed by atoms with Gasteiger partial charge in [0.15, 0.2) is 11.5 Å². The van der Waals surface area contributed by atoms with E-state index in [1.165, 1.54) is 0 Å². The minimum atomic E-state index is -0.514. The third-order valence-electron chi connectivity index (χ3n) is 3.54. The highest BCUT2D eigenvalue weighted by Crippen LogP contribution is 2.27. The molecule has 2 aromatic carbocycles. The summed E-state index contributed by atoms with van der Waals surface area (Å²) in [6.07, 6.45) is -0.514. The number of aryl methyl sites for hydroxylation is 1. The molecule has 4 nitrogen and oxygen atoms in total. The summed E-state index contributed by atoms with van der Waals surface area (Å²) in [5, 5.41) is 13.5. The number of aliphatic hydroxyl groups excluding tert-OH is 1. The Morgan fingerprint density at radius 1 is 1.05 bits per heavy atom. The predicted molar refractivity (Wildman–Crippen MR) is 87.4 cm³/mol. The van der Waals surface area contributed by atoms with Gasteiger partial charge in [0.25, 0.3) is 0 Å². The third-order valence-corrected chi connectivity index (χ3v) is 3.54. The second kappa shape index (κ2) is 7.82. The van der Waals surface area contributed by atoms with Crippen molar-refractivity contribution in [1.82, 2.24) is 5.32 Å². The van der Waals surface area contributed by atoms with E-state index >= 15 is 0 Å². The van der Waals surface area contributed by atoms with Crippen molar-refractivity contribution in [3.8, 4) is 11.5 Å². The molecule has 0 amide bonds. The number of methoxy groups -OCH3 is 2. The fourth-order valence-corrected chi connectivity index (χ4v) is 2.34. The van der Waals surface area contributed by atoms with Crippen molar-refractivity contribution in [1.29, 1.82) is 0 Å². The van der Waals surface area contributed by atoms with Crippen LogP contribution in [-0.4, -0.2) is 25.9 Å². The molecule has 0 saturated carbocycles. The Balaban J connectivity index is 1.91. The molecular formula is C18H23NO3. The largest absolute Gasteiger partial charge is 0.493 e. The number of hydrogen-bond acceptors (Lipinski definition) is 4. The van der Waals surface area contributed by atoms with Gasteiger partial charge >= 0.3 is 0 Å². The maximum atomic E-state index is 10.2. The zero-order chi connectivity index (χ0) is 15.9. The molecule has 0 radical (unpaired) electrons. The van der Waals surface area contributed by atoms with Crippen molar-refractivity contribution < 1.29 is 14.6 Å². The number of rotatable bonds is 7. The van der Waals surface area contributed by atoms with Gasteiger partial charge in [-0.25, -0.2) is 0 Å². The Morgan fingerprint density at radius 3 is 2.50 bits per heavy atom. The standard InChI is InChI=1S/C18H23NO3/c1-13-5-4-6-15(9-13)16(20)12-19-11-14-7-8-17(21-2)18(10-14)22-3/h4-10,16,19-20H,11-12H2,1-3H3. The van der Waals surface area contributed by atoms with E-state index in [9.17, 15) is 5.11 Å². The van der Waals surface area contributed by atoms with Crippen molar-refractivity contribution in [2.45, 2.75) is 19.6 Å². The van der Waals surface area contributed by atoms with Crippen LogP contribution in [0.5, 0.6) is 11.5 Å². The van der Waals surface area contributed by atoms with E-state index in [2.05, 4.69) is 5.32 Å². The van der Waals surface area contributed by atoms with Crippen LogP contribution in [0.1, 0.15) is 22.8 Å². The highest BCUT2D eigenvalue weighted by molar-refractivity contribution is 5.42. The number of benzene rings is 2. The minimum absolute atomic E-state index is 0.498. The smallest absolute Gasteiger partial charge is 0.161 e. The van der Waals surface area contributed by atoms with Gasteiger partial charge < -0.3 is 19.9 Å². The summed E-state index contributed by atoms with van der Waals surface area (Å²) in [4.78, 5) is 0. The molecule has 0 aliphatic heterocycles. The molecule has 0 aliphatic carbocycles. The molecule has 2 aromatic rings. The summed E-state index contributed by atoms with van der Waals surface area (Å²) in [5.74, 6) is 1.42. The van der Waals surface area contributed by atoms with Gasteiger partial charge in [-0.3, -0.25) is 0 Å². The summed E-state index contributed by atoms with van der Waals surface area (Å²) >= 11 is 0. The van der Waals surface area contributed by atoms with Gasteiger partial charge in [-0.15, -0.1) is 0 Å². The average molecular weight is 301 g/mol. The van der Waals surface area contributed by atoms with Gasteiger partial charge in [0, 0.05) is 13.1 Å². The summed E-state index contributed by atoms with van der Waals surface area (Å²) in [6, 6.07) is 13.7. The molecule has 0 bridgehead atoms. The van der Waals surface area contributed by atoms with E-state index in [0.29, 0.717) is 24.6 Å². The van der Waals surface area contributed by atoms with Crippen LogP contribution >= 0.6 is 0 Å². The molecule has 2 N–H and O–H groups in total. The van der Waals surface area contributed by atoms with Gasteiger partial charge in [0.05, 0.1) is 20.3 Å². The van der Waals surface area contributed by atoms with E-state index in [4.69, 9.17) is 9.47 Å². The van der Waals surface area contributed by atoms with Gasteiger partial charge in [-0.2, -0.15) is 0 Å². The van der Waals surface area contributed by atoms with E-state index in [1.54, 1.807) is 14.2 Å². The Kier molecular flexibility index (Phi) is 5.81. The van der Waals surface area contributed by atoms with E-state index in [0.717, 1.165) is 16.7 Å². The van der Waals surface area contributed by atoms with Crippen LogP contribution in [0.25, 0.3) is 0 Å². The Bertz CT molecular complexity index is 613. The lowest BCUT2D eigenvalue weighted by molar-refractivity contribution is 0.174. The molecule has 22 heavy (non-hydrogen) atoms. The monoisotopic (exact) mass is 301 g/mol. The summed E-state index contributed by atoms with van der Waals surface area (Å²) in [7, 11) is 3.24. The molecule has 0 heterocycles. The van der Waals surface area contributed by atoms with Crippen LogP contribution in [0.2, 0.25) is 0 Å². The molecule has 0 spiro atoms. The molecule has 1 atom stereocenters. The minimum Gasteiger partial charge on any atom is -0.493 e. The lowest BCUT2D eigenvalue weighted by Gasteiger charge is -2.14. The summed E-state index contributed by atoms with van der Waals surface area (Å²) in [6.45, 7) is 3.17. The highest BCUT2D eigenvalue weighted by Gasteiger charge is 2.08. The fraction of sp³-hybridized carbons (Fsp3) is 0.333. The van der Waals surface area contributed by atoms with E-state index in [1.807, 2.05) is 49.4 Å². The second-order valence-electron chi connectivity index (χ2n) is 5.25. The molecule has 2 rings (SSSR count). The van der Waals surface area contributed by atoms with Crippen LogP contribution in [-0.2, 0) is 6.54 Å².